The Hall–Kier alpha value is -4.05. The van der Waals surface area contributed by atoms with Gasteiger partial charge in [-0.2, -0.15) is 9.97 Å². The van der Waals surface area contributed by atoms with Gasteiger partial charge in [-0.15, -0.1) is 0 Å². The van der Waals surface area contributed by atoms with E-state index in [4.69, 9.17) is 20.4 Å². The van der Waals surface area contributed by atoms with Crippen LogP contribution in [0.25, 0.3) is 22.0 Å². The third kappa shape index (κ3) is 3.27. The van der Waals surface area contributed by atoms with Gasteiger partial charge in [-0.25, -0.2) is 9.37 Å². The van der Waals surface area contributed by atoms with E-state index in [0.29, 0.717) is 29.6 Å². The second-order valence-corrected chi connectivity index (χ2v) is 11.3. The zero-order valence-corrected chi connectivity index (χ0v) is 21.6. The standard InChI is InChI=1S/C29H28FN7O2/c1-32-21-10-15(30)9-18-17(21)12-22-25(18)26(36-13-29(14-36)7-6-23(29)31)35-28(34-22)39-16-4-5-20-19(11-16)27(38)37-8-2-3-24(37)33-20/h4-5,9-11,23,32H,2-3,6-8,12-14,31H2,1H3/t23-/m1/s1. The molecule has 3 N–H and O–H groups in total. The van der Waals surface area contributed by atoms with Crippen molar-refractivity contribution in [2.45, 2.75) is 44.7 Å². The van der Waals surface area contributed by atoms with Crippen LogP contribution < -0.4 is 26.2 Å². The minimum Gasteiger partial charge on any atom is -0.424 e. The summed E-state index contributed by atoms with van der Waals surface area (Å²) < 4.78 is 22.6. The van der Waals surface area contributed by atoms with Crippen LogP contribution in [-0.2, 0) is 19.4 Å². The monoisotopic (exact) mass is 525 g/mol. The number of fused-ring (bicyclic) bond motifs is 5. The Morgan fingerprint density at radius 2 is 2.05 bits per heavy atom. The zero-order chi connectivity index (χ0) is 26.5. The number of nitrogens with two attached hydrogens (primary N) is 1. The summed E-state index contributed by atoms with van der Waals surface area (Å²) in [5.74, 6) is 1.75. The molecule has 0 amide bonds. The van der Waals surface area contributed by atoms with Gasteiger partial charge in [0.1, 0.15) is 23.2 Å². The van der Waals surface area contributed by atoms with Crippen LogP contribution in [0.15, 0.2) is 35.1 Å². The van der Waals surface area contributed by atoms with Gasteiger partial charge in [-0.1, -0.05) is 0 Å². The lowest BCUT2D eigenvalue weighted by atomic mass is 9.60. The Morgan fingerprint density at radius 3 is 2.82 bits per heavy atom. The number of nitrogens with zero attached hydrogens (tertiary/aromatic N) is 5. The Labute approximate surface area is 223 Å². The van der Waals surface area contributed by atoms with Crippen molar-refractivity contribution in [2.75, 3.05) is 30.4 Å². The van der Waals surface area contributed by atoms with Crippen molar-refractivity contribution in [3.05, 3.63) is 63.6 Å². The van der Waals surface area contributed by atoms with E-state index in [-0.39, 0.29) is 28.8 Å². The van der Waals surface area contributed by atoms with Gasteiger partial charge in [-0.05, 0) is 60.7 Å². The van der Waals surface area contributed by atoms with E-state index in [1.54, 1.807) is 29.8 Å². The molecule has 1 spiro atoms. The van der Waals surface area contributed by atoms with Gasteiger partial charge in [-0.3, -0.25) is 9.36 Å². The number of ether oxygens (including phenoxy) is 1. The van der Waals surface area contributed by atoms with E-state index in [1.165, 1.54) is 6.07 Å². The van der Waals surface area contributed by atoms with Crippen molar-refractivity contribution < 1.29 is 9.13 Å². The van der Waals surface area contributed by atoms with E-state index in [0.717, 1.165) is 78.5 Å². The lowest BCUT2D eigenvalue weighted by Crippen LogP contribution is -2.69. The number of hydrogen-bond acceptors (Lipinski definition) is 8. The van der Waals surface area contributed by atoms with Gasteiger partial charge < -0.3 is 20.7 Å². The molecule has 1 saturated carbocycles. The van der Waals surface area contributed by atoms with Crippen molar-refractivity contribution >= 4 is 22.4 Å². The van der Waals surface area contributed by atoms with Crippen LogP contribution in [0, 0.1) is 11.2 Å². The van der Waals surface area contributed by atoms with Crippen molar-refractivity contribution in [3.8, 4) is 22.9 Å². The summed E-state index contributed by atoms with van der Waals surface area (Å²) in [7, 11) is 1.79. The summed E-state index contributed by atoms with van der Waals surface area (Å²) in [6.07, 6.45) is 4.45. The molecule has 0 radical (unpaired) electrons. The highest BCUT2D eigenvalue weighted by Crippen LogP contribution is 2.52. The van der Waals surface area contributed by atoms with Crippen LogP contribution in [0.5, 0.6) is 11.8 Å². The van der Waals surface area contributed by atoms with Gasteiger partial charge in [0.05, 0.1) is 16.6 Å². The average Bonchev–Trinajstić information content (AvgIpc) is 3.52. The minimum absolute atomic E-state index is 0.0479. The highest BCUT2D eigenvalue weighted by Gasteiger charge is 2.54. The topological polar surface area (TPSA) is 111 Å². The first-order valence-electron chi connectivity index (χ1n) is 13.6. The van der Waals surface area contributed by atoms with E-state index in [1.807, 2.05) is 6.07 Å². The molecule has 2 aromatic heterocycles. The predicted octanol–water partition coefficient (Wildman–Crippen LogP) is 3.60. The molecule has 2 aliphatic heterocycles. The highest BCUT2D eigenvalue weighted by atomic mass is 19.1. The molecular formula is C29H28FN7O2. The molecule has 9 nitrogen and oxygen atoms in total. The second kappa shape index (κ2) is 7.98. The second-order valence-electron chi connectivity index (χ2n) is 11.3. The maximum absolute atomic E-state index is 14.6. The molecule has 10 heteroatoms. The van der Waals surface area contributed by atoms with E-state index in [9.17, 15) is 9.18 Å². The summed E-state index contributed by atoms with van der Waals surface area (Å²) in [6, 6.07) is 8.83. The molecule has 0 unspecified atom stereocenters. The average molecular weight is 526 g/mol. The van der Waals surface area contributed by atoms with Crippen LogP contribution in [-0.4, -0.2) is 45.7 Å². The molecule has 198 valence electrons. The zero-order valence-electron chi connectivity index (χ0n) is 21.6. The van der Waals surface area contributed by atoms with Crippen molar-refractivity contribution in [3.63, 3.8) is 0 Å². The van der Waals surface area contributed by atoms with Crippen LogP contribution in [0.3, 0.4) is 0 Å². The first kappa shape index (κ1) is 22.9. The summed E-state index contributed by atoms with van der Waals surface area (Å²) in [4.78, 5) is 29.6. The number of halogens is 1. The van der Waals surface area contributed by atoms with E-state index in [2.05, 4.69) is 15.2 Å². The maximum Gasteiger partial charge on any atom is 0.324 e. The molecule has 2 aliphatic carbocycles. The smallest absolute Gasteiger partial charge is 0.324 e. The summed E-state index contributed by atoms with van der Waals surface area (Å²) >= 11 is 0. The van der Waals surface area contributed by atoms with Gasteiger partial charge in [0.2, 0.25) is 0 Å². The summed E-state index contributed by atoms with van der Waals surface area (Å²) in [5.41, 5.74) is 11.3. The number of rotatable bonds is 4. The first-order chi connectivity index (χ1) is 18.9. The van der Waals surface area contributed by atoms with Gasteiger partial charge >= 0.3 is 6.01 Å². The number of nitrogens with one attached hydrogen (secondary N) is 1. The molecule has 4 heterocycles. The molecule has 2 fully saturated rings. The molecule has 4 aliphatic rings. The maximum atomic E-state index is 14.6. The van der Waals surface area contributed by atoms with E-state index < -0.39 is 0 Å². The van der Waals surface area contributed by atoms with Gasteiger partial charge in [0, 0.05) is 62.2 Å². The Morgan fingerprint density at radius 1 is 1.18 bits per heavy atom. The molecule has 39 heavy (non-hydrogen) atoms. The van der Waals surface area contributed by atoms with Crippen LogP contribution in [0.1, 0.15) is 36.3 Å². The molecular weight excluding hydrogens is 497 g/mol. The third-order valence-electron chi connectivity index (χ3n) is 9.09. The normalized spacial score (nSPS) is 19.9. The first-order valence-corrected chi connectivity index (χ1v) is 13.6. The van der Waals surface area contributed by atoms with E-state index >= 15 is 0 Å². The lowest BCUT2D eigenvalue weighted by molar-refractivity contribution is 0.0558. The summed E-state index contributed by atoms with van der Waals surface area (Å²) in [6.45, 7) is 2.31. The SMILES string of the molecule is CNc1cc(F)cc2c1Cc1nc(Oc3ccc4nc5n(c(=O)c4c3)CCC5)nc(N3CC4(CC[C@H]4N)C3)c1-2. The quantitative estimate of drug-likeness (QED) is 0.366. The molecule has 1 atom stereocenters. The molecule has 1 saturated heterocycles. The van der Waals surface area contributed by atoms with Crippen molar-refractivity contribution in [2.24, 2.45) is 11.1 Å². The van der Waals surface area contributed by atoms with Crippen molar-refractivity contribution in [1.29, 1.82) is 0 Å². The number of anilines is 2. The Balaban J connectivity index is 1.21. The fraction of sp³-hybridized carbons (Fsp3) is 0.379. The third-order valence-corrected chi connectivity index (χ3v) is 9.09. The molecule has 2 aromatic carbocycles. The number of benzene rings is 2. The number of aryl methyl sites for hydroxylation is 1. The van der Waals surface area contributed by atoms with Crippen LogP contribution in [0.4, 0.5) is 15.9 Å². The van der Waals surface area contributed by atoms with Crippen LogP contribution >= 0.6 is 0 Å². The largest absolute Gasteiger partial charge is 0.424 e. The molecule has 4 aromatic rings. The van der Waals surface area contributed by atoms with Crippen molar-refractivity contribution in [1.82, 2.24) is 19.5 Å². The van der Waals surface area contributed by atoms with Gasteiger partial charge in [0.15, 0.2) is 0 Å². The Bertz CT molecular complexity index is 1760. The fourth-order valence-electron chi connectivity index (χ4n) is 6.80. The molecule has 8 rings (SSSR count). The predicted molar refractivity (Wildman–Crippen MR) is 146 cm³/mol. The van der Waals surface area contributed by atoms with Gasteiger partial charge in [0.25, 0.3) is 5.56 Å². The highest BCUT2D eigenvalue weighted by molar-refractivity contribution is 5.88. The lowest BCUT2D eigenvalue weighted by Gasteiger charge is -2.60. The Kier molecular flexibility index (Phi) is 4.69. The fourth-order valence-corrected chi connectivity index (χ4v) is 6.80. The number of aromatic nitrogens is 4. The van der Waals surface area contributed by atoms with Crippen LogP contribution in [0.2, 0.25) is 0 Å². The number of hydrogen-bond donors (Lipinski definition) is 2. The molecule has 0 bridgehead atoms. The summed E-state index contributed by atoms with van der Waals surface area (Å²) in [5, 5.41) is 3.64. The minimum atomic E-state index is -0.305.